The number of thiocarbonyl (C=S) groups is 1. The molecule has 0 saturated heterocycles. The van der Waals surface area contributed by atoms with Gasteiger partial charge in [-0.2, -0.15) is 0 Å². The van der Waals surface area contributed by atoms with E-state index in [-0.39, 0.29) is 4.73 Å². The van der Waals surface area contributed by atoms with Gasteiger partial charge in [-0.05, 0) is 13.8 Å². The molecule has 0 aromatic rings. The summed E-state index contributed by atoms with van der Waals surface area (Å²) in [5.74, 6) is 0. The quantitative estimate of drug-likeness (QED) is 0.418. The van der Waals surface area contributed by atoms with Gasteiger partial charge in [-0.15, -0.1) is 6.58 Å². The Morgan fingerprint density at radius 3 is 2.36 bits per heavy atom. The largest absolute Gasteiger partial charge is 0.388 e. The van der Waals surface area contributed by atoms with Gasteiger partial charge in [0.1, 0.15) is 0 Å². The Balaban J connectivity index is 4.38. The number of hydrogen-bond acceptors (Lipinski definition) is 4. The molecule has 0 spiro atoms. The van der Waals surface area contributed by atoms with E-state index in [1.54, 1.807) is 19.9 Å². The molecule has 0 saturated carbocycles. The van der Waals surface area contributed by atoms with Crippen LogP contribution in [0.25, 0.3) is 0 Å². The average molecular weight is 237 g/mol. The Kier molecular flexibility index (Phi) is 7.01. The van der Waals surface area contributed by atoms with Crippen molar-refractivity contribution >= 4 is 24.5 Å². The molecule has 82 valence electrons. The second-order valence-corrected chi connectivity index (χ2v) is 4.98. The normalized spacial score (nSPS) is 11.0. The van der Waals surface area contributed by atoms with E-state index in [9.17, 15) is 4.57 Å². The lowest BCUT2D eigenvalue weighted by molar-refractivity contribution is 0.232. The molecule has 0 bridgehead atoms. The molecule has 0 aliphatic rings. The van der Waals surface area contributed by atoms with E-state index in [1.807, 2.05) is 0 Å². The zero-order valence-corrected chi connectivity index (χ0v) is 10.2. The number of nitrogens with one attached hydrogen (secondary N) is 1. The molecule has 0 radical (unpaired) electrons. The van der Waals surface area contributed by atoms with Crippen molar-refractivity contribution < 1.29 is 13.6 Å². The first kappa shape index (κ1) is 13.8. The standard InChI is InChI=1S/C8H16NO3PS/c1-4-7-9-8(14)13(10,11-5-2)12-6-3/h4H,1,5-7H2,2-3H3,(H,9,14). The van der Waals surface area contributed by atoms with Crippen molar-refractivity contribution in [1.82, 2.24) is 5.32 Å². The Labute approximate surface area is 90.2 Å². The maximum Gasteiger partial charge on any atom is 0.388 e. The third-order valence-corrected chi connectivity index (χ3v) is 3.91. The van der Waals surface area contributed by atoms with Crippen molar-refractivity contribution in [2.24, 2.45) is 0 Å². The second kappa shape index (κ2) is 7.12. The molecule has 4 nitrogen and oxygen atoms in total. The number of rotatable bonds is 7. The summed E-state index contributed by atoms with van der Waals surface area (Å²) in [5.41, 5.74) is 0. The van der Waals surface area contributed by atoms with E-state index in [2.05, 4.69) is 11.9 Å². The summed E-state index contributed by atoms with van der Waals surface area (Å²) in [4.78, 5) is 0. The molecule has 0 atom stereocenters. The van der Waals surface area contributed by atoms with Gasteiger partial charge < -0.3 is 14.4 Å². The van der Waals surface area contributed by atoms with E-state index in [4.69, 9.17) is 21.3 Å². The van der Waals surface area contributed by atoms with E-state index in [0.717, 1.165) is 0 Å². The van der Waals surface area contributed by atoms with Gasteiger partial charge in [0, 0.05) is 6.54 Å². The van der Waals surface area contributed by atoms with Crippen molar-refractivity contribution in [1.29, 1.82) is 0 Å². The molecule has 0 rings (SSSR count). The first-order valence-electron chi connectivity index (χ1n) is 4.39. The summed E-state index contributed by atoms with van der Waals surface area (Å²) >= 11 is 4.91. The second-order valence-electron chi connectivity index (χ2n) is 2.31. The molecule has 6 heteroatoms. The van der Waals surface area contributed by atoms with Gasteiger partial charge in [-0.25, -0.2) is 0 Å². The minimum Gasteiger partial charge on any atom is -0.366 e. The zero-order valence-electron chi connectivity index (χ0n) is 8.49. The van der Waals surface area contributed by atoms with E-state index in [0.29, 0.717) is 19.8 Å². The number of hydrogen-bond donors (Lipinski definition) is 1. The minimum atomic E-state index is -3.27. The van der Waals surface area contributed by atoms with Crippen LogP contribution in [0, 0.1) is 0 Å². The van der Waals surface area contributed by atoms with Crippen LogP contribution in [0.15, 0.2) is 12.7 Å². The molecule has 0 aliphatic heterocycles. The van der Waals surface area contributed by atoms with Crippen LogP contribution in [0.1, 0.15) is 13.8 Å². The van der Waals surface area contributed by atoms with Crippen LogP contribution in [-0.2, 0) is 13.6 Å². The minimum absolute atomic E-state index is 0.112. The van der Waals surface area contributed by atoms with Crippen molar-refractivity contribution in [3.63, 3.8) is 0 Å². The van der Waals surface area contributed by atoms with Crippen molar-refractivity contribution in [2.45, 2.75) is 13.8 Å². The topological polar surface area (TPSA) is 47.6 Å². The molecule has 0 aromatic carbocycles. The van der Waals surface area contributed by atoms with Gasteiger partial charge in [0.25, 0.3) is 0 Å². The summed E-state index contributed by atoms with van der Waals surface area (Å²) in [6.45, 7) is 8.03. The third-order valence-electron chi connectivity index (χ3n) is 1.24. The first-order valence-corrected chi connectivity index (χ1v) is 6.34. The summed E-state index contributed by atoms with van der Waals surface area (Å²) in [7, 11) is -3.27. The molecular weight excluding hydrogens is 221 g/mol. The van der Waals surface area contributed by atoms with Gasteiger partial charge in [0.2, 0.25) is 0 Å². The Morgan fingerprint density at radius 2 is 2.00 bits per heavy atom. The summed E-state index contributed by atoms with van der Waals surface area (Å²) in [6, 6.07) is 0. The van der Waals surface area contributed by atoms with Crippen LogP contribution in [-0.4, -0.2) is 24.5 Å². The summed E-state index contributed by atoms with van der Waals surface area (Å²) < 4.78 is 22.1. The molecule has 0 heterocycles. The monoisotopic (exact) mass is 237 g/mol. The zero-order chi connectivity index (χ0) is 11.0. The van der Waals surface area contributed by atoms with Crippen molar-refractivity contribution in [3.8, 4) is 0 Å². The third kappa shape index (κ3) is 4.33. The lowest BCUT2D eigenvalue weighted by atomic mass is 10.6. The van der Waals surface area contributed by atoms with Crippen LogP contribution in [0.5, 0.6) is 0 Å². The van der Waals surface area contributed by atoms with Crippen LogP contribution in [0.3, 0.4) is 0 Å². The predicted octanol–water partition coefficient (Wildman–Crippen LogP) is 2.31. The lowest BCUT2D eigenvalue weighted by Crippen LogP contribution is -2.23. The van der Waals surface area contributed by atoms with E-state index >= 15 is 0 Å². The molecule has 0 aromatic heterocycles. The van der Waals surface area contributed by atoms with E-state index in [1.165, 1.54) is 0 Å². The fraction of sp³-hybridized carbons (Fsp3) is 0.625. The summed E-state index contributed by atoms with van der Waals surface area (Å²) in [6.07, 6.45) is 1.62. The van der Waals surface area contributed by atoms with Gasteiger partial charge in [-0.1, -0.05) is 18.3 Å². The Morgan fingerprint density at radius 1 is 1.50 bits per heavy atom. The van der Waals surface area contributed by atoms with E-state index < -0.39 is 7.60 Å². The molecule has 0 unspecified atom stereocenters. The fourth-order valence-corrected chi connectivity index (χ4v) is 2.42. The lowest BCUT2D eigenvalue weighted by Gasteiger charge is -2.17. The fourth-order valence-electron chi connectivity index (χ4n) is 0.751. The highest BCUT2D eigenvalue weighted by molar-refractivity contribution is 7.97. The maximum atomic E-state index is 11.9. The molecule has 0 aliphatic carbocycles. The van der Waals surface area contributed by atoms with Gasteiger partial charge >= 0.3 is 7.60 Å². The van der Waals surface area contributed by atoms with Crippen LogP contribution < -0.4 is 5.32 Å². The van der Waals surface area contributed by atoms with Crippen molar-refractivity contribution in [2.75, 3.05) is 19.8 Å². The van der Waals surface area contributed by atoms with Crippen LogP contribution in [0.4, 0.5) is 0 Å². The highest BCUT2D eigenvalue weighted by atomic mass is 32.1. The predicted molar refractivity (Wildman–Crippen MR) is 61.7 cm³/mol. The highest BCUT2D eigenvalue weighted by Gasteiger charge is 2.29. The van der Waals surface area contributed by atoms with Gasteiger partial charge in [0.15, 0.2) is 4.73 Å². The molecule has 14 heavy (non-hydrogen) atoms. The highest BCUT2D eigenvalue weighted by Crippen LogP contribution is 2.48. The first-order chi connectivity index (χ1) is 6.60. The summed E-state index contributed by atoms with van der Waals surface area (Å²) in [5, 5.41) is 2.74. The Hall–Kier alpha value is -0.220. The smallest absolute Gasteiger partial charge is 0.366 e. The SMILES string of the molecule is C=CCNC(=S)P(=O)(OCC)OCC. The van der Waals surface area contributed by atoms with Crippen molar-refractivity contribution in [3.05, 3.63) is 12.7 Å². The molecule has 1 N–H and O–H groups in total. The average Bonchev–Trinajstić information content (AvgIpc) is 2.15. The maximum absolute atomic E-state index is 11.9. The Bertz CT molecular complexity index is 235. The molecule has 0 fully saturated rings. The van der Waals surface area contributed by atoms with Crippen LogP contribution in [0.2, 0.25) is 0 Å². The van der Waals surface area contributed by atoms with Gasteiger partial charge in [0.05, 0.1) is 13.2 Å². The van der Waals surface area contributed by atoms with Crippen LogP contribution >= 0.6 is 19.8 Å². The molecule has 0 amide bonds. The van der Waals surface area contributed by atoms with Gasteiger partial charge in [-0.3, -0.25) is 4.57 Å². The molecular formula is C8H16NO3PS.